The zero-order valence-corrected chi connectivity index (χ0v) is 17.1. The lowest BCUT2D eigenvalue weighted by Gasteiger charge is -2.35. The number of fused-ring (bicyclic) bond motifs is 1. The molecule has 0 radical (unpaired) electrons. The molecule has 5 rings (SSSR count). The summed E-state index contributed by atoms with van der Waals surface area (Å²) in [4.78, 5) is 20.7. The number of benzene rings is 1. The topological polar surface area (TPSA) is 109 Å². The van der Waals surface area contributed by atoms with Crippen LogP contribution >= 0.6 is 0 Å². The van der Waals surface area contributed by atoms with Crippen molar-refractivity contribution >= 4 is 17.6 Å². The number of rotatable bonds is 5. The van der Waals surface area contributed by atoms with Crippen LogP contribution in [0.3, 0.4) is 0 Å². The number of primary amides is 1. The predicted octanol–water partition coefficient (Wildman–Crippen LogP) is 2.12. The number of hydrogen-bond donors (Lipinski definition) is 4. The van der Waals surface area contributed by atoms with E-state index in [1.54, 1.807) is 36.8 Å². The molecule has 2 unspecified atom stereocenters. The van der Waals surface area contributed by atoms with Gasteiger partial charge in [0.25, 0.3) is 5.91 Å². The molecule has 1 aromatic carbocycles. The highest BCUT2D eigenvalue weighted by Gasteiger charge is 2.30. The molecule has 4 heterocycles. The Kier molecular flexibility index (Phi) is 5.26. The number of amides is 1. The number of nitrogens with one attached hydrogen (secondary N) is 3. The van der Waals surface area contributed by atoms with Gasteiger partial charge in [0.15, 0.2) is 5.82 Å². The fourth-order valence-corrected chi connectivity index (χ4v) is 4.07. The zero-order chi connectivity index (χ0) is 22.1. The lowest BCUT2D eigenvalue weighted by Crippen LogP contribution is -2.54. The molecule has 3 aromatic rings. The van der Waals surface area contributed by atoms with Gasteiger partial charge in [0.1, 0.15) is 12.0 Å². The molecule has 0 fully saturated rings. The van der Waals surface area contributed by atoms with Crippen molar-refractivity contribution in [2.45, 2.75) is 25.3 Å². The maximum absolute atomic E-state index is 13.6. The smallest absolute Gasteiger partial charge is 0.250 e. The Morgan fingerprint density at radius 3 is 3.06 bits per heavy atom. The van der Waals surface area contributed by atoms with E-state index in [4.69, 9.17) is 5.73 Å². The summed E-state index contributed by atoms with van der Waals surface area (Å²) in [6, 6.07) is 9.97. The molecule has 2 aliphatic heterocycles. The second-order valence-corrected chi connectivity index (χ2v) is 7.65. The summed E-state index contributed by atoms with van der Waals surface area (Å²) in [6.07, 6.45) is 9.15. The van der Waals surface area contributed by atoms with Gasteiger partial charge in [-0.25, -0.2) is 9.37 Å². The number of halogens is 1. The predicted molar refractivity (Wildman–Crippen MR) is 119 cm³/mol. The SMILES string of the molecule is NC(=O)c1cccn2c(C3NC4=C(CC=CN=C4)C(NCc4cccc(F)c4)N3)ncc12. The first-order valence-corrected chi connectivity index (χ1v) is 10.3. The summed E-state index contributed by atoms with van der Waals surface area (Å²) in [5.74, 6) is -0.0926. The molecule has 0 spiro atoms. The van der Waals surface area contributed by atoms with Gasteiger partial charge >= 0.3 is 0 Å². The van der Waals surface area contributed by atoms with Crippen molar-refractivity contribution < 1.29 is 9.18 Å². The van der Waals surface area contributed by atoms with E-state index >= 15 is 0 Å². The van der Waals surface area contributed by atoms with Crippen LogP contribution in [0, 0.1) is 5.82 Å². The third kappa shape index (κ3) is 3.79. The van der Waals surface area contributed by atoms with Gasteiger partial charge in [-0.2, -0.15) is 0 Å². The fourth-order valence-electron chi connectivity index (χ4n) is 4.07. The van der Waals surface area contributed by atoms with Crippen LogP contribution in [0.15, 0.2) is 77.3 Å². The number of imidazole rings is 1. The highest BCUT2D eigenvalue weighted by atomic mass is 19.1. The van der Waals surface area contributed by atoms with E-state index in [9.17, 15) is 9.18 Å². The Morgan fingerprint density at radius 1 is 1.31 bits per heavy atom. The molecular formula is C23H22FN7O. The summed E-state index contributed by atoms with van der Waals surface area (Å²) >= 11 is 0. The Balaban J connectivity index is 1.47. The van der Waals surface area contributed by atoms with Crippen molar-refractivity contribution in [3.63, 3.8) is 0 Å². The van der Waals surface area contributed by atoms with Gasteiger partial charge in [-0.15, -0.1) is 0 Å². The van der Waals surface area contributed by atoms with Gasteiger partial charge in [-0.1, -0.05) is 18.2 Å². The molecule has 0 aliphatic carbocycles. The quantitative estimate of drug-likeness (QED) is 0.495. The number of carbonyl (C=O) groups is 1. The molecule has 0 bridgehead atoms. The Labute approximate surface area is 183 Å². The first-order chi connectivity index (χ1) is 15.6. The number of hydrogen-bond acceptors (Lipinski definition) is 6. The van der Waals surface area contributed by atoms with E-state index in [1.165, 1.54) is 12.1 Å². The van der Waals surface area contributed by atoms with Crippen LogP contribution in [0.1, 0.15) is 34.3 Å². The molecule has 2 aliphatic rings. The van der Waals surface area contributed by atoms with E-state index in [2.05, 4.69) is 25.9 Å². The van der Waals surface area contributed by atoms with Gasteiger partial charge in [0.05, 0.1) is 35.4 Å². The Morgan fingerprint density at radius 2 is 2.22 bits per heavy atom. The molecule has 0 saturated heterocycles. The third-order valence-electron chi connectivity index (χ3n) is 5.58. The van der Waals surface area contributed by atoms with Crippen LogP contribution < -0.4 is 21.7 Å². The summed E-state index contributed by atoms with van der Waals surface area (Å²) < 4.78 is 15.4. The van der Waals surface area contributed by atoms with Crippen LogP contribution in [0.25, 0.3) is 5.52 Å². The van der Waals surface area contributed by atoms with Gasteiger partial charge in [-0.05, 0) is 41.8 Å². The standard InChI is InChI=1S/C23H22FN7O/c24-15-5-1-4-14(10-15)11-27-21-16-6-2-8-26-12-18(16)29-22(30-21)23-28-13-19-17(20(25)32)7-3-9-31(19)23/h1-5,7-10,12-13,21-22,27,29-30H,6,11H2,(H2,25,32). The maximum Gasteiger partial charge on any atom is 0.250 e. The van der Waals surface area contributed by atoms with Gasteiger partial charge in [-0.3, -0.25) is 20.4 Å². The average molecular weight is 431 g/mol. The number of nitrogens with zero attached hydrogens (tertiary/aromatic N) is 3. The van der Waals surface area contributed by atoms with Gasteiger partial charge < -0.3 is 15.5 Å². The molecule has 8 nitrogen and oxygen atoms in total. The van der Waals surface area contributed by atoms with Crippen LogP contribution in [-0.4, -0.2) is 27.7 Å². The second kappa shape index (κ2) is 8.37. The van der Waals surface area contributed by atoms with Crippen molar-refractivity contribution in [3.05, 3.63) is 95.1 Å². The van der Waals surface area contributed by atoms with E-state index in [0.29, 0.717) is 29.9 Å². The van der Waals surface area contributed by atoms with E-state index in [0.717, 1.165) is 16.8 Å². The van der Waals surface area contributed by atoms with Gasteiger partial charge in [0, 0.05) is 18.9 Å². The summed E-state index contributed by atoms with van der Waals surface area (Å²) in [6.45, 7) is 0.480. The van der Waals surface area contributed by atoms with Crippen molar-refractivity contribution in [1.29, 1.82) is 0 Å². The molecule has 1 amide bonds. The first kappa shape index (κ1) is 20.1. The van der Waals surface area contributed by atoms with Crippen molar-refractivity contribution in [2.24, 2.45) is 10.7 Å². The molecule has 2 atom stereocenters. The van der Waals surface area contributed by atoms with Crippen LogP contribution in [0.2, 0.25) is 0 Å². The van der Waals surface area contributed by atoms with Crippen molar-refractivity contribution in [3.8, 4) is 0 Å². The minimum absolute atomic E-state index is 0.208. The summed E-state index contributed by atoms with van der Waals surface area (Å²) in [7, 11) is 0. The number of aromatic nitrogens is 2. The lowest BCUT2D eigenvalue weighted by molar-refractivity contribution is 0.100. The Hall–Kier alpha value is -3.82. The minimum atomic E-state index is -0.506. The number of nitrogens with two attached hydrogens (primary N) is 1. The molecule has 2 aromatic heterocycles. The highest BCUT2D eigenvalue weighted by Crippen LogP contribution is 2.25. The first-order valence-electron chi connectivity index (χ1n) is 10.3. The van der Waals surface area contributed by atoms with E-state index < -0.39 is 5.91 Å². The molecule has 9 heteroatoms. The van der Waals surface area contributed by atoms with E-state index in [-0.39, 0.29) is 18.1 Å². The fraction of sp³-hybridized carbons (Fsp3) is 0.174. The molecule has 162 valence electrons. The average Bonchev–Trinajstić information content (AvgIpc) is 3.08. The number of pyridine rings is 1. The van der Waals surface area contributed by atoms with Crippen LogP contribution in [0.5, 0.6) is 0 Å². The van der Waals surface area contributed by atoms with Gasteiger partial charge in [0.2, 0.25) is 0 Å². The third-order valence-corrected chi connectivity index (χ3v) is 5.58. The minimum Gasteiger partial charge on any atom is -0.366 e. The summed E-state index contributed by atoms with van der Waals surface area (Å²) in [5.41, 5.74) is 9.39. The number of allylic oxidation sites excluding steroid dienone is 2. The van der Waals surface area contributed by atoms with Crippen LogP contribution in [-0.2, 0) is 6.54 Å². The zero-order valence-electron chi connectivity index (χ0n) is 17.1. The van der Waals surface area contributed by atoms with Crippen LogP contribution in [0.4, 0.5) is 4.39 Å². The number of carbonyl (C=O) groups excluding carboxylic acids is 1. The highest BCUT2D eigenvalue weighted by molar-refractivity contribution is 5.99. The monoisotopic (exact) mass is 431 g/mol. The summed E-state index contributed by atoms with van der Waals surface area (Å²) in [5, 5.41) is 10.5. The van der Waals surface area contributed by atoms with E-state index in [1.807, 2.05) is 22.7 Å². The van der Waals surface area contributed by atoms with Crippen molar-refractivity contribution in [2.75, 3.05) is 0 Å². The Bertz CT molecular complexity index is 1280. The molecular weight excluding hydrogens is 409 g/mol. The largest absolute Gasteiger partial charge is 0.366 e. The van der Waals surface area contributed by atoms with Crippen molar-refractivity contribution in [1.82, 2.24) is 25.3 Å². The number of aliphatic imine (C=N–C) groups is 1. The normalized spacial score (nSPS) is 20.2. The second-order valence-electron chi connectivity index (χ2n) is 7.65. The lowest BCUT2D eigenvalue weighted by atomic mass is 10.0. The molecule has 5 N–H and O–H groups in total. The molecule has 0 saturated carbocycles. The maximum atomic E-state index is 13.6. The molecule has 32 heavy (non-hydrogen) atoms.